The molecule has 1 aliphatic rings. The summed E-state index contributed by atoms with van der Waals surface area (Å²) in [5, 5.41) is 0.298. The van der Waals surface area contributed by atoms with Crippen LogP contribution in [-0.4, -0.2) is 14.9 Å². The van der Waals surface area contributed by atoms with Crippen molar-refractivity contribution in [1.29, 1.82) is 0 Å². The van der Waals surface area contributed by atoms with Gasteiger partial charge in [-0.1, -0.05) is 51.5 Å². The third-order valence-electron chi connectivity index (χ3n) is 4.13. The molecule has 1 unspecified atom stereocenters. The summed E-state index contributed by atoms with van der Waals surface area (Å²) in [6.45, 7) is 16.9. The zero-order valence-electron chi connectivity index (χ0n) is 12.6. The SMILES string of the molecule is CC1=CC=CC(C)(CO[Si](C)(C)C(C)(C)C)C1. The first-order valence-electron chi connectivity index (χ1n) is 6.55. The van der Waals surface area contributed by atoms with Crippen LogP contribution >= 0.6 is 0 Å². The highest BCUT2D eigenvalue weighted by molar-refractivity contribution is 6.74. The Labute approximate surface area is 108 Å². The molecule has 0 N–H and O–H groups in total. The molecule has 0 radical (unpaired) electrons. The highest BCUT2D eigenvalue weighted by Crippen LogP contribution is 2.39. The van der Waals surface area contributed by atoms with Gasteiger partial charge >= 0.3 is 0 Å². The van der Waals surface area contributed by atoms with Crippen LogP contribution in [0.1, 0.15) is 41.0 Å². The Morgan fingerprint density at radius 2 is 1.94 bits per heavy atom. The minimum absolute atomic E-state index is 0.189. The highest BCUT2D eigenvalue weighted by Gasteiger charge is 2.38. The maximum atomic E-state index is 6.35. The standard InChI is InChI=1S/C15H28OSi/c1-13-9-8-10-15(5,11-13)12-16-17(6,7)14(2,3)4/h8-10H,11-12H2,1-7H3. The Morgan fingerprint density at radius 1 is 1.35 bits per heavy atom. The van der Waals surface area contributed by atoms with Crippen LogP contribution in [0, 0.1) is 5.41 Å². The summed E-state index contributed by atoms with van der Waals surface area (Å²) in [6.07, 6.45) is 7.80. The van der Waals surface area contributed by atoms with Crippen molar-refractivity contribution in [2.75, 3.05) is 6.61 Å². The van der Waals surface area contributed by atoms with E-state index in [1.165, 1.54) is 5.57 Å². The monoisotopic (exact) mass is 252 g/mol. The van der Waals surface area contributed by atoms with Gasteiger partial charge in [0.15, 0.2) is 8.32 Å². The number of hydrogen-bond acceptors (Lipinski definition) is 1. The lowest BCUT2D eigenvalue weighted by Crippen LogP contribution is -2.43. The molecule has 0 saturated heterocycles. The number of rotatable bonds is 3. The molecule has 0 aromatic heterocycles. The first-order chi connectivity index (χ1) is 7.56. The van der Waals surface area contributed by atoms with Gasteiger partial charge in [0.2, 0.25) is 0 Å². The molecule has 0 aliphatic heterocycles. The van der Waals surface area contributed by atoms with Gasteiger partial charge in [0, 0.05) is 12.0 Å². The summed E-state index contributed by atoms with van der Waals surface area (Å²) in [7, 11) is -1.61. The Balaban J connectivity index is 2.63. The molecule has 0 aromatic rings. The van der Waals surface area contributed by atoms with Gasteiger partial charge in [0.05, 0.1) is 0 Å². The van der Waals surface area contributed by atoms with E-state index in [1.807, 2.05) is 0 Å². The smallest absolute Gasteiger partial charge is 0.192 e. The number of hydrogen-bond donors (Lipinski definition) is 0. The van der Waals surface area contributed by atoms with Crippen LogP contribution in [0.15, 0.2) is 23.8 Å². The lowest BCUT2D eigenvalue weighted by Gasteiger charge is -2.39. The van der Waals surface area contributed by atoms with E-state index < -0.39 is 8.32 Å². The summed E-state index contributed by atoms with van der Waals surface area (Å²) in [6, 6.07) is 0. The van der Waals surface area contributed by atoms with Gasteiger partial charge < -0.3 is 4.43 Å². The van der Waals surface area contributed by atoms with Crippen molar-refractivity contribution < 1.29 is 4.43 Å². The van der Waals surface area contributed by atoms with Gasteiger partial charge in [-0.25, -0.2) is 0 Å². The van der Waals surface area contributed by atoms with Crippen molar-refractivity contribution in [2.24, 2.45) is 5.41 Å². The second-order valence-electron chi connectivity index (χ2n) is 7.25. The Hall–Kier alpha value is -0.343. The molecular formula is C15H28OSi. The maximum absolute atomic E-state index is 6.35. The Bertz CT molecular complexity index is 333. The van der Waals surface area contributed by atoms with Crippen LogP contribution in [0.4, 0.5) is 0 Å². The van der Waals surface area contributed by atoms with Crippen molar-refractivity contribution >= 4 is 8.32 Å². The lowest BCUT2D eigenvalue weighted by atomic mass is 9.81. The van der Waals surface area contributed by atoms with Crippen LogP contribution in [-0.2, 0) is 4.43 Å². The van der Waals surface area contributed by atoms with E-state index in [1.54, 1.807) is 0 Å². The molecule has 98 valence electrons. The third kappa shape index (κ3) is 3.82. The van der Waals surface area contributed by atoms with E-state index >= 15 is 0 Å². The van der Waals surface area contributed by atoms with Crippen molar-refractivity contribution in [3.05, 3.63) is 23.8 Å². The topological polar surface area (TPSA) is 9.23 Å². The predicted octanol–water partition coefficient (Wildman–Crippen LogP) is 4.92. The molecule has 0 aromatic carbocycles. The van der Waals surface area contributed by atoms with Crippen LogP contribution < -0.4 is 0 Å². The zero-order valence-corrected chi connectivity index (χ0v) is 13.6. The van der Waals surface area contributed by atoms with Crippen LogP contribution in [0.25, 0.3) is 0 Å². The van der Waals surface area contributed by atoms with Crippen molar-refractivity contribution in [3.8, 4) is 0 Å². The molecule has 0 heterocycles. The molecule has 0 saturated carbocycles. The molecule has 0 fully saturated rings. The molecule has 1 nitrogen and oxygen atoms in total. The summed E-state index contributed by atoms with van der Waals surface area (Å²) in [5.41, 5.74) is 1.64. The van der Waals surface area contributed by atoms with Gasteiger partial charge in [-0.15, -0.1) is 0 Å². The molecule has 1 aliphatic carbocycles. The van der Waals surface area contributed by atoms with E-state index in [4.69, 9.17) is 4.43 Å². The fourth-order valence-corrected chi connectivity index (χ4v) is 2.98. The van der Waals surface area contributed by atoms with Crippen LogP contribution in [0.2, 0.25) is 18.1 Å². The first kappa shape index (κ1) is 14.7. The van der Waals surface area contributed by atoms with Crippen molar-refractivity contribution in [1.82, 2.24) is 0 Å². The predicted molar refractivity (Wildman–Crippen MR) is 78.8 cm³/mol. The van der Waals surface area contributed by atoms with Gasteiger partial charge in [0.25, 0.3) is 0 Å². The Morgan fingerprint density at radius 3 is 2.41 bits per heavy atom. The van der Waals surface area contributed by atoms with E-state index in [-0.39, 0.29) is 5.41 Å². The molecule has 1 rings (SSSR count). The Kier molecular flexibility index (Phi) is 4.10. The minimum atomic E-state index is -1.61. The second kappa shape index (κ2) is 4.73. The fraction of sp³-hybridized carbons (Fsp3) is 0.733. The summed E-state index contributed by atoms with van der Waals surface area (Å²) < 4.78 is 6.35. The molecule has 1 atom stereocenters. The first-order valence-corrected chi connectivity index (χ1v) is 9.46. The van der Waals surface area contributed by atoms with E-state index in [0.717, 1.165) is 13.0 Å². The molecule has 0 spiro atoms. The molecule has 0 bridgehead atoms. The summed E-state index contributed by atoms with van der Waals surface area (Å²) in [5.74, 6) is 0. The second-order valence-corrected chi connectivity index (χ2v) is 12.1. The molecule has 0 amide bonds. The van der Waals surface area contributed by atoms with E-state index in [9.17, 15) is 0 Å². The largest absolute Gasteiger partial charge is 0.416 e. The molecular weight excluding hydrogens is 224 g/mol. The average molecular weight is 252 g/mol. The molecule has 2 heteroatoms. The zero-order chi connectivity index (χ0) is 13.3. The van der Waals surface area contributed by atoms with Crippen LogP contribution in [0.3, 0.4) is 0 Å². The fourth-order valence-electron chi connectivity index (χ4n) is 1.86. The lowest BCUT2D eigenvalue weighted by molar-refractivity contribution is 0.186. The number of allylic oxidation sites excluding steroid dienone is 3. The van der Waals surface area contributed by atoms with Crippen LogP contribution in [0.5, 0.6) is 0 Å². The van der Waals surface area contributed by atoms with E-state index in [0.29, 0.717) is 5.04 Å². The average Bonchev–Trinajstić information content (AvgIpc) is 2.13. The highest BCUT2D eigenvalue weighted by atomic mass is 28.4. The van der Waals surface area contributed by atoms with Gasteiger partial charge in [-0.3, -0.25) is 0 Å². The van der Waals surface area contributed by atoms with Crippen molar-refractivity contribution in [2.45, 2.75) is 59.2 Å². The third-order valence-corrected chi connectivity index (χ3v) is 8.61. The van der Waals surface area contributed by atoms with Gasteiger partial charge in [-0.2, -0.15) is 0 Å². The van der Waals surface area contributed by atoms with Gasteiger partial charge in [0.1, 0.15) is 0 Å². The molecule has 17 heavy (non-hydrogen) atoms. The minimum Gasteiger partial charge on any atom is -0.416 e. The summed E-state index contributed by atoms with van der Waals surface area (Å²) in [4.78, 5) is 0. The quantitative estimate of drug-likeness (QED) is 0.648. The summed E-state index contributed by atoms with van der Waals surface area (Å²) >= 11 is 0. The normalized spacial score (nSPS) is 25.9. The van der Waals surface area contributed by atoms with E-state index in [2.05, 4.69) is 65.9 Å². The maximum Gasteiger partial charge on any atom is 0.192 e. The van der Waals surface area contributed by atoms with Crippen molar-refractivity contribution in [3.63, 3.8) is 0 Å². The van der Waals surface area contributed by atoms with Gasteiger partial charge in [-0.05, 0) is 31.5 Å².